The lowest BCUT2D eigenvalue weighted by Gasteiger charge is -2.01. The topological polar surface area (TPSA) is 25.8 Å². The summed E-state index contributed by atoms with van der Waals surface area (Å²) < 4.78 is 0. The summed E-state index contributed by atoms with van der Waals surface area (Å²) in [6.07, 6.45) is 4.92. The molecule has 0 radical (unpaired) electrons. The molecule has 1 aromatic heterocycles. The Bertz CT molecular complexity index is 423. The largest absolute Gasteiger partial charge is 0.261 e. The van der Waals surface area contributed by atoms with E-state index in [1.807, 2.05) is 0 Å². The van der Waals surface area contributed by atoms with Crippen molar-refractivity contribution < 1.29 is 0 Å². The molecule has 2 rings (SSSR count). The fourth-order valence-corrected chi connectivity index (χ4v) is 1.68. The molecular formula is C10H6Cl2N2. The highest BCUT2D eigenvalue weighted by Crippen LogP contribution is 2.25. The smallest absolute Gasteiger partial charge is 0.0886 e. The van der Waals surface area contributed by atoms with E-state index >= 15 is 0 Å². The number of nitrogens with zero attached hydrogens (tertiary/aromatic N) is 2. The number of aromatic nitrogens is 2. The van der Waals surface area contributed by atoms with E-state index in [0.717, 1.165) is 11.3 Å². The minimum absolute atomic E-state index is 0.596. The maximum absolute atomic E-state index is 5.87. The summed E-state index contributed by atoms with van der Waals surface area (Å²) in [5.41, 5.74) is 1.63. The van der Waals surface area contributed by atoms with E-state index in [1.54, 1.807) is 36.8 Å². The molecule has 4 heteroatoms. The second-order valence-electron chi connectivity index (χ2n) is 2.75. The van der Waals surface area contributed by atoms with Crippen LogP contribution in [0.25, 0.3) is 11.3 Å². The molecule has 2 nitrogen and oxygen atoms in total. The summed E-state index contributed by atoms with van der Waals surface area (Å²) >= 11 is 11.7. The van der Waals surface area contributed by atoms with Crippen LogP contribution in [0.5, 0.6) is 0 Å². The van der Waals surface area contributed by atoms with Crippen molar-refractivity contribution in [2.24, 2.45) is 0 Å². The molecule has 14 heavy (non-hydrogen) atoms. The Morgan fingerprint density at radius 1 is 0.929 bits per heavy atom. The van der Waals surface area contributed by atoms with E-state index in [-0.39, 0.29) is 0 Å². The molecule has 0 spiro atoms. The Hall–Kier alpha value is -1.12. The quantitative estimate of drug-likeness (QED) is 0.742. The maximum Gasteiger partial charge on any atom is 0.0886 e. The summed E-state index contributed by atoms with van der Waals surface area (Å²) in [4.78, 5) is 8.12. The highest BCUT2D eigenvalue weighted by atomic mass is 35.5. The molecule has 0 bridgehead atoms. The van der Waals surface area contributed by atoms with Crippen molar-refractivity contribution in [3.05, 3.63) is 46.8 Å². The number of rotatable bonds is 1. The van der Waals surface area contributed by atoms with Crippen LogP contribution in [0.15, 0.2) is 36.8 Å². The van der Waals surface area contributed by atoms with E-state index in [2.05, 4.69) is 9.97 Å². The fourth-order valence-electron chi connectivity index (χ4n) is 1.15. The van der Waals surface area contributed by atoms with Gasteiger partial charge in [-0.25, -0.2) is 0 Å². The van der Waals surface area contributed by atoms with Gasteiger partial charge in [0.05, 0.1) is 11.9 Å². The second kappa shape index (κ2) is 3.95. The Kier molecular flexibility index (Phi) is 2.66. The third kappa shape index (κ3) is 2.03. The average Bonchev–Trinajstić information content (AvgIpc) is 2.18. The molecule has 0 amide bonds. The van der Waals surface area contributed by atoms with Crippen LogP contribution in [0.2, 0.25) is 10.0 Å². The van der Waals surface area contributed by atoms with Crippen LogP contribution >= 0.6 is 23.2 Å². The van der Waals surface area contributed by atoms with Gasteiger partial charge in [0.15, 0.2) is 0 Å². The van der Waals surface area contributed by atoms with Crippen molar-refractivity contribution in [3.63, 3.8) is 0 Å². The molecular weight excluding hydrogens is 219 g/mol. The van der Waals surface area contributed by atoms with Gasteiger partial charge in [-0.2, -0.15) is 0 Å². The highest BCUT2D eigenvalue weighted by Gasteiger charge is 2.01. The van der Waals surface area contributed by atoms with Crippen LogP contribution in [0.3, 0.4) is 0 Å². The normalized spacial score (nSPS) is 10.1. The number of hydrogen-bond donors (Lipinski definition) is 0. The molecule has 2 aromatic rings. The summed E-state index contributed by atoms with van der Waals surface area (Å²) in [6, 6.07) is 5.29. The molecule has 1 heterocycles. The van der Waals surface area contributed by atoms with Crippen LogP contribution < -0.4 is 0 Å². The van der Waals surface area contributed by atoms with E-state index in [9.17, 15) is 0 Å². The number of hydrogen-bond acceptors (Lipinski definition) is 2. The van der Waals surface area contributed by atoms with Crippen molar-refractivity contribution in [1.82, 2.24) is 9.97 Å². The molecule has 0 aliphatic rings. The first-order chi connectivity index (χ1) is 6.75. The van der Waals surface area contributed by atoms with Crippen LogP contribution in [0.1, 0.15) is 0 Å². The first kappa shape index (κ1) is 9.44. The van der Waals surface area contributed by atoms with Gasteiger partial charge in [0.25, 0.3) is 0 Å². The fraction of sp³-hybridized carbons (Fsp3) is 0. The van der Waals surface area contributed by atoms with Gasteiger partial charge in [0.2, 0.25) is 0 Å². The summed E-state index contributed by atoms with van der Waals surface area (Å²) in [6.45, 7) is 0. The van der Waals surface area contributed by atoms with Gasteiger partial charge in [-0.05, 0) is 18.2 Å². The molecule has 70 valence electrons. The van der Waals surface area contributed by atoms with E-state index < -0.39 is 0 Å². The van der Waals surface area contributed by atoms with Gasteiger partial charge in [-0.1, -0.05) is 23.2 Å². The standard InChI is InChI=1S/C10H6Cl2N2/c11-8-3-7(4-9(12)5-8)10-6-13-1-2-14-10/h1-6H. The van der Waals surface area contributed by atoms with Gasteiger partial charge in [0, 0.05) is 28.0 Å². The zero-order valence-electron chi connectivity index (χ0n) is 7.11. The highest BCUT2D eigenvalue weighted by molar-refractivity contribution is 6.35. The molecule has 0 fully saturated rings. The van der Waals surface area contributed by atoms with Crippen molar-refractivity contribution in [1.29, 1.82) is 0 Å². The lowest BCUT2D eigenvalue weighted by molar-refractivity contribution is 1.21. The Labute approximate surface area is 91.5 Å². The van der Waals surface area contributed by atoms with Crippen LogP contribution in [0.4, 0.5) is 0 Å². The molecule has 0 aliphatic heterocycles. The molecule has 0 saturated heterocycles. The molecule has 0 unspecified atom stereocenters. The van der Waals surface area contributed by atoms with Gasteiger partial charge in [-0.15, -0.1) is 0 Å². The number of halogens is 2. The minimum atomic E-state index is 0.596. The molecule has 0 aliphatic carbocycles. The summed E-state index contributed by atoms with van der Waals surface area (Å²) in [7, 11) is 0. The molecule has 0 N–H and O–H groups in total. The zero-order valence-corrected chi connectivity index (χ0v) is 8.63. The van der Waals surface area contributed by atoms with Gasteiger partial charge < -0.3 is 0 Å². The first-order valence-corrected chi connectivity index (χ1v) is 4.74. The van der Waals surface area contributed by atoms with Gasteiger partial charge in [-0.3, -0.25) is 9.97 Å². The zero-order chi connectivity index (χ0) is 9.97. The molecule has 1 aromatic carbocycles. The second-order valence-corrected chi connectivity index (χ2v) is 3.62. The van der Waals surface area contributed by atoms with E-state index in [1.165, 1.54) is 0 Å². The van der Waals surface area contributed by atoms with Crippen molar-refractivity contribution >= 4 is 23.2 Å². The summed E-state index contributed by atoms with van der Waals surface area (Å²) in [5.74, 6) is 0. The van der Waals surface area contributed by atoms with Gasteiger partial charge in [0.1, 0.15) is 0 Å². The Morgan fingerprint density at radius 3 is 2.21 bits per heavy atom. The summed E-state index contributed by atoms with van der Waals surface area (Å²) in [5, 5.41) is 1.19. The van der Waals surface area contributed by atoms with Gasteiger partial charge >= 0.3 is 0 Å². The number of benzene rings is 1. The SMILES string of the molecule is Clc1cc(Cl)cc(-c2cnccn2)c1. The lowest BCUT2D eigenvalue weighted by Crippen LogP contribution is -1.84. The van der Waals surface area contributed by atoms with E-state index in [0.29, 0.717) is 10.0 Å². The maximum atomic E-state index is 5.87. The third-order valence-corrected chi connectivity index (χ3v) is 2.16. The average molecular weight is 225 g/mol. The van der Waals surface area contributed by atoms with Crippen LogP contribution in [-0.4, -0.2) is 9.97 Å². The first-order valence-electron chi connectivity index (χ1n) is 3.98. The van der Waals surface area contributed by atoms with Crippen molar-refractivity contribution in [3.8, 4) is 11.3 Å². The van der Waals surface area contributed by atoms with E-state index in [4.69, 9.17) is 23.2 Å². The van der Waals surface area contributed by atoms with Crippen LogP contribution in [-0.2, 0) is 0 Å². The molecule has 0 atom stereocenters. The monoisotopic (exact) mass is 224 g/mol. The Balaban J connectivity index is 2.52. The third-order valence-electron chi connectivity index (χ3n) is 1.72. The lowest BCUT2D eigenvalue weighted by atomic mass is 10.2. The predicted molar refractivity (Wildman–Crippen MR) is 57.5 cm³/mol. The van der Waals surface area contributed by atoms with Crippen molar-refractivity contribution in [2.75, 3.05) is 0 Å². The Morgan fingerprint density at radius 2 is 1.64 bits per heavy atom. The molecule has 0 saturated carbocycles. The minimum Gasteiger partial charge on any atom is -0.261 e. The van der Waals surface area contributed by atoms with Crippen molar-refractivity contribution in [2.45, 2.75) is 0 Å². The van der Waals surface area contributed by atoms with Crippen LogP contribution in [0, 0.1) is 0 Å². The predicted octanol–water partition coefficient (Wildman–Crippen LogP) is 3.45.